The van der Waals surface area contributed by atoms with Gasteiger partial charge in [-0.2, -0.15) is 13.2 Å². The van der Waals surface area contributed by atoms with Crippen LogP contribution in [0.15, 0.2) is 71.6 Å². The number of sulfonamides is 1. The fourth-order valence-corrected chi connectivity index (χ4v) is 11.6. The van der Waals surface area contributed by atoms with E-state index in [9.17, 15) is 30.0 Å². The number of fused-ring (bicyclic) bond motifs is 5. The van der Waals surface area contributed by atoms with E-state index >= 15 is 8.78 Å². The van der Waals surface area contributed by atoms with Gasteiger partial charge in [-0.15, -0.1) is 0 Å². The highest BCUT2D eigenvalue weighted by atomic mass is 32.2. The molecule has 1 aliphatic carbocycles. The lowest BCUT2D eigenvalue weighted by atomic mass is 9.64. The first-order valence-electron chi connectivity index (χ1n) is 14.3. The van der Waals surface area contributed by atoms with Crippen molar-refractivity contribution in [2.24, 2.45) is 11.8 Å². The van der Waals surface area contributed by atoms with E-state index in [4.69, 9.17) is 4.74 Å². The molecule has 2 heterocycles. The van der Waals surface area contributed by atoms with Crippen LogP contribution in [0.3, 0.4) is 0 Å². The summed E-state index contributed by atoms with van der Waals surface area (Å²) in [7, 11) is -8.45. The van der Waals surface area contributed by atoms with E-state index in [1.54, 1.807) is 0 Å². The van der Waals surface area contributed by atoms with Crippen molar-refractivity contribution in [3.05, 3.63) is 95.1 Å². The standard InChI is InChI=1S/C31H30F5NO5S2/c32-25-13-14-26(33)29-28(25)30(43(38,39)21-11-9-20(10-12-21)31(34,35)36)16-15-27-23(24(30)18-42-29)17-22(44(40,41)37-27)8-4-7-19-5-2-1-3-6-19/h1-3,5-6,9-14,22-24,27,37H,4,7-8,15-18H2/t22-,23+,24+,27-,30+/m1/s1. The summed E-state index contributed by atoms with van der Waals surface area (Å²) in [5.41, 5.74) is -0.513. The molecular weight excluding hydrogens is 625 g/mol. The van der Waals surface area contributed by atoms with Crippen molar-refractivity contribution >= 4 is 19.9 Å². The maximum atomic E-state index is 15.7. The van der Waals surface area contributed by atoms with Crippen molar-refractivity contribution < 1.29 is 43.5 Å². The third-order valence-electron chi connectivity index (χ3n) is 9.44. The Labute approximate surface area is 252 Å². The Kier molecular flexibility index (Phi) is 7.81. The van der Waals surface area contributed by atoms with E-state index in [0.29, 0.717) is 31.4 Å². The number of sulfone groups is 1. The Bertz CT molecular complexity index is 1770. The van der Waals surface area contributed by atoms with Crippen molar-refractivity contribution in [1.29, 1.82) is 0 Å². The first kappa shape index (κ1) is 31.0. The van der Waals surface area contributed by atoms with Gasteiger partial charge < -0.3 is 4.74 Å². The molecule has 2 aliphatic heterocycles. The zero-order chi connectivity index (χ0) is 31.5. The highest BCUT2D eigenvalue weighted by Crippen LogP contribution is 2.59. The number of hydrogen-bond donors (Lipinski definition) is 1. The highest BCUT2D eigenvalue weighted by molar-refractivity contribution is 7.92. The van der Waals surface area contributed by atoms with Crippen molar-refractivity contribution in [3.63, 3.8) is 0 Å². The smallest absolute Gasteiger partial charge is 0.416 e. The molecule has 0 amide bonds. The predicted molar refractivity (Wildman–Crippen MR) is 152 cm³/mol. The second kappa shape index (κ2) is 11.1. The lowest BCUT2D eigenvalue weighted by Gasteiger charge is -2.55. The fourth-order valence-electron chi connectivity index (χ4n) is 7.37. The third-order valence-corrected chi connectivity index (χ3v) is 13.9. The monoisotopic (exact) mass is 655 g/mol. The molecule has 0 aromatic heterocycles. The van der Waals surface area contributed by atoms with Gasteiger partial charge in [-0.25, -0.2) is 30.3 Å². The molecule has 0 unspecified atom stereocenters. The Morgan fingerprint density at radius 1 is 0.955 bits per heavy atom. The molecule has 1 saturated heterocycles. The van der Waals surface area contributed by atoms with E-state index < -0.39 is 87.3 Å². The second-order valence-electron chi connectivity index (χ2n) is 11.8. The molecule has 6 rings (SSSR count). The number of halogens is 5. The summed E-state index contributed by atoms with van der Waals surface area (Å²) in [6.45, 7) is -0.340. The Morgan fingerprint density at radius 3 is 2.32 bits per heavy atom. The van der Waals surface area contributed by atoms with Gasteiger partial charge in [-0.05, 0) is 86.4 Å². The zero-order valence-corrected chi connectivity index (χ0v) is 25.0. The summed E-state index contributed by atoms with van der Waals surface area (Å²) in [5.74, 6) is -4.18. The van der Waals surface area contributed by atoms with Crippen LogP contribution in [0.5, 0.6) is 5.75 Å². The first-order chi connectivity index (χ1) is 20.8. The molecule has 5 atom stereocenters. The van der Waals surface area contributed by atoms with Gasteiger partial charge in [0.25, 0.3) is 0 Å². The largest absolute Gasteiger partial charge is 0.490 e. The summed E-state index contributed by atoms with van der Waals surface area (Å²) in [5, 5.41) is -0.865. The van der Waals surface area contributed by atoms with Crippen LogP contribution in [-0.4, -0.2) is 34.7 Å². The fraction of sp³-hybridized carbons (Fsp3) is 0.419. The van der Waals surface area contributed by atoms with Crippen LogP contribution in [0.25, 0.3) is 0 Å². The molecule has 44 heavy (non-hydrogen) atoms. The van der Waals surface area contributed by atoms with E-state index in [1.807, 2.05) is 30.3 Å². The third kappa shape index (κ3) is 5.10. The summed E-state index contributed by atoms with van der Waals surface area (Å²) < 4.78 is 133. The van der Waals surface area contributed by atoms with Gasteiger partial charge in [0.15, 0.2) is 21.4 Å². The minimum absolute atomic E-state index is 0.00755. The Hall–Kier alpha value is -3.03. The number of benzene rings is 3. The summed E-state index contributed by atoms with van der Waals surface area (Å²) >= 11 is 0. The van der Waals surface area contributed by atoms with Crippen molar-refractivity contribution in [3.8, 4) is 5.75 Å². The van der Waals surface area contributed by atoms with Gasteiger partial charge >= 0.3 is 6.18 Å². The van der Waals surface area contributed by atoms with Crippen LogP contribution in [0.4, 0.5) is 22.0 Å². The molecule has 0 bridgehead atoms. The lowest BCUT2D eigenvalue weighted by molar-refractivity contribution is -0.137. The molecule has 236 valence electrons. The van der Waals surface area contributed by atoms with Crippen LogP contribution in [0.2, 0.25) is 0 Å². The van der Waals surface area contributed by atoms with E-state index in [0.717, 1.165) is 29.8 Å². The maximum absolute atomic E-state index is 15.7. The topological polar surface area (TPSA) is 89.5 Å². The molecule has 3 aromatic carbocycles. The van der Waals surface area contributed by atoms with Crippen LogP contribution < -0.4 is 9.46 Å². The van der Waals surface area contributed by atoms with E-state index in [2.05, 4.69) is 4.72 Å². The van der Waals surface area contributed by atoms with Crippen LogP contribution >= 0.6 is 0 Å². The predicted octanol–water partition coefficient (Wildman–Crippen LogP) is 6.15. The minimum atomic E-state index is -4.71. The van der Waals surface area contributed by atoms with Crippen molar-refractivity contribution in [1.82, 2.24) is 4.72 Å². The van der Waals surface area contributed by atoms with Gasteiger partial charge in [0.1, 0.15) is 10.6 Å². The average Bonchev–Trinajstić information content (AvgIpc) is 2.98. The minimum Gasteiger partial charge on any atom is -0.490 e. The Balaban J connectivity index is 1.41. The quantitative estimate of drug-likeness (QED) is 0.322. The number of ether oxygens (including phenoxy) is 1. The SMILES string of the molecule is O=S1(=O)N[C@@H]2CC[C@@]3(S(=O)(=O)c4ccc(C(F)(F)F)cc4)c4c(F)ccc(F)c4OC[C@H]3[C@@H]2C[C@H]1CCCc1ccccc1. The molecule has 13 heteroatoms. The van der Waals surface area contributed by atoms with Gasteiger partial charge in [-0.1, -0.05) is 30.3 Å². The molecular formula is C31H30F5NO5S2. The second-order valence-corrected chi connectivity index (χ2v) is 16.0. The molecule has 3 aliphatic rings. The molecule has 1 N–H and O–H groups in total. The Morgan fingerprint density at radius 2 is 1.64 bits per heavy atom. The number of alkyl halides is 3. The molecule has 3 aromatic rings. The summed E-state index contributed by atoms with van der Waals surface area (Å²) in [6, 6.07) is 13.5. The first-order valence-corrected chi connectivity index (χ1v) is 17.4. The van der Waals surface area contributed by atoms with Gasteiger partial charge in [0, 0.05) is 12.0 Å². The number of hydrogen-bond acceptors (Lipinski definition) is 5. The molecule has 1 saturated carbocycles. The lowest BCUT2D eigenvalue weighted by Crippen LogP contribution is -2.63. The van der Waals surface area contributed by atoms with Crippen molar-refractivity contribution in [2.75, 3.05) is 6.61 Å². The molecule has 0 spiro atoms. The van der Waals surface area contributed by atoms with Gasteiger partial charge in [0.2, 0.25) is 10.0 Å². The van der Waals surface area contributed by atoms with Crippen LogP contribution in [0, 0.1) is 23.5 Å². The maximum Gasteiger partial charge on any atom is 0.416 e. The zero-order valence-electron chi connectivity index (χ0n) is 23.4. The number of aryl methyl sites for hydroxylation is 1. The molecule has 6 nitrogen and oxygen atoms in total. The van der Waals surface area contributed by atoms with Crippen LogP contribution in [-0.2, 0) is 37.2 Å². The normalized spacial score (nSPS) is 27.8. The average molecular weight is 656 g/mol. The highest BCUT2D eigenvalue weighted by Gasteiger charge is 2.64. The number of nitrogens with one attached hydrogen (secondary N) is 1. The van der Waals surface area contributed by atoms with E-state index in [-0.39, 0.29) is 25.9 Å². The van der Waals surface area contributed by atoms with Crippen molar-refractivity contribution in [2.45, 2.75) is 65.6 Å². The summed E-state index contributed by atoms with van der Waals surface area (Å²) in [6.07, 6.45) is -3.47. The van der Waals surface area contributed by atoms with E-state index in [1.165, 1.54) is 0 Å². The molecule has 0 radical (unpaired) electrons. The molecule has 2 fully saturated rings. The summed E-state index contributed by atoms with van der Waals surface area (Å²) in [4.78, 5) is -0.471. The van der Waals surface area contributed by atoms with Crippen LogP contribution in [0.1, 0.15) is 48.8 Å². The number of rotatable bonds is 6. The van der Waals surface area contributed by atoms with Gasteiger partial charge in [0.05, 0.1) is 27.9 Å². The van der Waals surface area contributed by atoms with Gasteiger partial charge in [-0.3, -0.25) is 0 Å².